The topological polar surface area (TPSA) is 22.1 Å². The predicted molar refractivity (Wildman–Crippen MR) is 61.2 cm³/mol. The molecule has 1 saturated carbocycles. The Hall–Kier alpha value is -1.12. The summed E-state index contributed by atoms with van der Waals surface area (Å²) in [6.45, 7) is 6.11. The summed E-state index contributed by atoms with van der Waals surface area (Å²) < 4.78 is 19.2. The number of halogens is 1. The Balaban J connectivity index is 2.15. The molecule has 0 spiro atoms. The highest BCUT2D eigenvalue weighted by atomic mass is 19.1. The van der Waals surface area contributed by atoms with Gasteiger partial charge in [0.1, 0.15) is 6.10 Å². The first kappa shape index (κ1) is 11.4. The molecule has 0 aliphatic heterocycles. The zero-order chi connectivity index (χ0) is 11.8. The minimum absolute atomic E-state index is 0.0805. The summed E-state index contributed by atoms with van der Waals surface area (Å²) in [5.41, 5.74) is 0.814. The molecule has 0 aromatic carbocycles. The van der Waals surface area contributed by atoms with Crippen LogP contribution < -0.4 is 4.74 Å². The summed E-state index contributed by atoms with van der Waals surface area (Å²) in [7, 11) is 0. The minimum Gasteiger partial charge on any atom is -0.472 e. The van der Waals surface area contributed by atoms with Crippen LogP contribution in [0.3, 0.4) is 0 Å². The van der Waals surface area contributed by atoms with E-state index >= 15 is 0 Å². The fourth-order valence-electron chi connectivity index (χ4n) is 1.57. The SMILES string of the molecule is CC(C)(C)c1cnc(OC2CCC2)c(F)c1. The normalized spacial score (nSPS) is 17.0. The molecule has 0 saturated heterocycles. The summed E-state index contributed by atoms with van der Waals surface area (Å²) in [6.07, 6.45) is 5.08. The fourth-order valence-corrected chi connectivity index (χ4v) is 1.57. The second-order valence-corrected chi connectivity index (χ2v) is 5.43. The Bertz CT molecular complexity index is 380. The molecule has 1 heterocycles. The molecule has 0 bridgehead atoms. The van der Waals surface area contributed by atoms with Crippen molar-refractivity contribution in [3.63, 3.8) is 0 Å². The molecule has 0 N–H and O–H groups in total. The molecule has 0 amide bonds. The van der Waals surface area contributed by atoms with Crippen molar-refractivity contribution in [2.24, 2.45) is 0 Å². The lowest BCUT2D eigenvalue weighted by atomic mass is 9.88. The van der Waals surface area contributed by atoms with Gasteiger partial charge in [0.05, 0.1) is 0 Å². The molecule has 0 unspecified atom stereocenters. The van der Waals surface area contributed by atoms with E-state index in [1.807, 2.05) is 20.8 Å². The second kappa shape index (κ2) is 4.04. The van der Waals surface area contributed by atoms with Crippen molar-refractivity contribution < 1.29 is 9.13 Å². The van der Waals surface area contributed by atoms with Gasteiger partial charge in [-0.15, -0.1) is 0 Å². The maximum atomic E-state index is 13.7. The van der Waals surface area contributed by atoms with Crippen molar-refractivity contribution in [2.45, 2.75) is 51.6 Å². The Morgan fingerprint density at radius 3 is 2.50 bits per heavy atom. The molecule has 1 aliphatic rings. The van der Waals surface area contributed by atoms with E-state index < -0.39 is 0 Å². The van der Waals surface area contributed by atoms with Gasteiger partial charge in [0, 0.05) is 6.20 Å². The summed E-state index contributed by atoms with van der Waals surface area (Å²) >= 11 is 0. The van der Waals surface area contributed by atoms with Crippen LogP contribution in [-0.4, -0.2) is 11.1 Å². The third kappa shape index (κ3) is 2.34. The first-order valence-corrected chi connectivity index (χ1v) is 5.79. The summed E-state index contributed by atoms with van der Waals surface area (Å²) in [5, 5.41) is 0. The van der Waals surface area contributed by atoms with Gasteiger partial charge in [0.15, 0.2) is 5.82 Å². The monoisotopic (exact) mass is 223 g/mol. The van der Waals surface area contributed by atoms with Crippen molar-refractivity contribution in [2.75, 3.05) is 0 Å². The third-order valence-electron chi connectivity index (χ3n) is 3.00. The van der Waals surface area contributed by atoms with Crippen LogP contribution in [0.4, 0.5) is 4.39 Å². The van der Waals surface area contributed by atoms with Crippen molar-refractivity contribution >= 4 is 0 Å². The highest BCUT2D eigenvalue weighted by Crippen LogP contribution is 2.28. The minimum atomic E-state index is -0.348. The predicted octanol–water partition coefficient (Wildman–Crippen LogP) is 3.45. The Labute approximate surface area is 95.8 Å². The first-order chi connectivity index (χ1) is 7.47. The maximum Gasteiger partial charge on any atom is 0.250 e. The number of hydrogen-bond donors (Lipinski definition) is 0. The number of aromatic nitrogens is 1. The van der Waals surface area contributed by atoms with Crippen LogP contribution in [0, 0.1) is 5.82 Å². The lowest BCUT2D eigenvalue weighted by Gasteiger charge is -2.26. The van der Waals surface area contributed by atoms with E-state index in [4.69, 9.17) is 4.74 Å². The highest BCUT2D eigenvalue weighted by molar-refractivity contribution is 5.25. The fraction of sp³-hybridized carbons (Fsp3) is 0.615. The van der Waals surface area contributed by atoms with E-state index in [0.717, 1.165) is 18.4 Å². The molecule has 1 aliphatic carbocycles. The van der Waals surface area contributed by atoms with E-state index in [0.29, 0.717) is 0 Å². The van der Waals surface area contributed by atoms with Crippen LogP contribution in [0.15, 0.2) is 12.3 Å². The number of pyridine rings is 1. The van der Waals surface area contributed by atoms with Gasteiger partial charge < -0.3 is 4.74 Å². The molecule has 2 rings (SSSR count). The van der Waals surface area contributed by atoms with E-state index in [2.05, 4.69) is 4.98 Å². The molecule has 1 aromatic rings. The maximum absolute atomic E-state index is 13.7. The average Bonchev–Trinajstić information content (AvgIpc) is 2.11. The molecule has 0 atom stereocenters. The number of hydrogen-bond acceptors (Lipinski definition) is 2. The van der Waals surface area contributed by atoms with E-state index in [1.54, 1.807) is 6.20 Å². The quantitative estimate of drug-likeness (QED) is 0.766. The van der Waals surface area contributed by atoms with Gasteiger partial charge >= 0.3 is 0 Å². The smallest absolute Gasteiger partial charge is 0.250 e. The van der Waals surface area contributed by atoms with Crippen LogP contribution in [-0.2, 0) is 5.41 Å². The Kier molecular flexibility index (Phi) is 2.87. The van der Waals surface area contributed by atoms with Crippen molar-refractivity contribution in [1.29, 1.82) is 0 Å². The number of rotatable bonds is 2. The summed E-state index contributed by atoms with van der Waals surface area (Å²) in [4.78, 5) is 4.07. The average molecular weight is 223 g/mol. The van der Waals surface area contributed by atoms with E-state index in [1.165, 1.54) is 12.5 Å². The summed E-state index contributed by atoms with van der Waals surface area (Å²) in [5.74, 6) is -0.197. The van der Waals surface area contributed by atoms with Gasteiger partial charge in [-0.25, -0.2) is 9.37 Å². The van der Waals surface area contributed by atoms with Gasteiger partial charge in [-0.1, -0.05) is 20.8 Å². The Morgan fingerprint density at radius 1 is 1.38 bits per heavy atom. The molecule has 2 nitrogen and oxygen atoms in total. The molecule has 1 aromatic heterocycles. The van der Waals surface area contributed by atoms with Gasteiger partial charge in [-0.2, -0.15) is 0 Å². The number of ether oxygens (including phenoxy) is 1. The van der Waals surface area contributed by atoms with Crippen molar-refractivity contribution in [1.82, 2.24) is 4.98 Å². The Morgan fingerprint density at radius 2 is 2.06 bits per heavy atom. The van der Waals surface area contributed by atoms with Crippen LogP contribution in [0.1, 0.15) is 45.6 Å². The van der Waals surface area contributed by atoms with E-state index in [-0.39, 0.29) is 23.2 Å². The molecule has 88 valence electrons. The van der Waals surface area contributed by atoms with Crippen LogP contribution in [0.5, 0.6) is 5.88 Å². The molecule has 1 fully saturated rings. The van der Waals surface area contributed by atoms with Crippen LogP contribution >= 0.6 is 0 Å². The van der Waals surface area contributed by atoms with Crippen molar-refractivity contribution in [3.05, 3.63) is 23.6 Å². The highest BCUT2D eigenvalue weighted by Gasteiger charge is 2.22. The summed E-state index contributed by atoms with van der Waals surface area (Å²) in [6, 6.07) is 1.53. The molecular formula is C13H18FNO. The van der Waals surface area contributed by atoms with Gasteiger partial charge in [-0.05, 0) is 36.3 Å². The first-order valence-electron chi connectivity index (χ1n) is 5.79. The molecular weight excluding hydrogens is 205 g/mol. The van der Waals surface area contributed by atoms with Gasteiger partial charge in [0.2, 0.25) is 0 Å². The van der Waals surface area contributed by atoms with Crippen molar-refractivity contribution in [3.8, 4) is 5.88 Å². The van der Waals surface area contributed by atoms with Gasteiger partial charge in [-0.3, -0.25) is 0 Å². The third-order valence-corrected chi connectivity index (χ3v) is 3.00. The standard InChI is InChI=1S/C13H18FNO/c1-13(2,3)9-7-11(14)12(15-8-9)16-10-5-4-6-10/h7-8,10H,4-6H2,1-3H3. The lowest BCUT2D eigenvalue weighted by Crippen LogP contribution is -2.25. The molecule has 16 heavy (non-hydrogen) atoms. The molecule has 3 heteroatoms. The number of nitrogens with zero attached hydrogens (tertiary/aromatic N) is 1. The van der Waals surface area contributed by atoms with E-state index in [9.17, 15) is 4.39 Å². The lowest BCUT2D eigenvalue weighted by molar-refractivity contribution is 0.109. The second-order valence-electron chi connectivity index (χ2n) is 5.43. The van der Waals surface area contributed by atoms with Crippen LogP contribution in [0.2, 0.25) is 0 Å². The zero-order valence-corrected chi connectivity index (χ0v) is 10.1. The zero-order valence-electron chi connectivity index (χ0n) is 10.1. The largest absolute Gasteiger partial charge is 0.472 e. The van der Waals surface area contributed by atoms with Crippen LogP contribution in [0.25, 0.3) is 0 Å². The van der Waals surface area contributed by atoms with Gasteiger partial charge in [0.25, 0.3) is 5.88 Å². The molecule has 0 radical (unpaired) electrons.